The number of esters is 2. The first-order chi connectivity index (χ1) is 22.0. The number of carbonyl (C=O) groups excluding carboxylic acids is 2. The zero-order valence-electron chi connectivity index (χ0n) is 26.5. The van der Waals surface area contributed by atoms with Gasteiger partial charge in [0.05, 0.1) is 22.3 Å². The van der Waals surface area contributed by atoms with Crippen molar-refractivity contribution in [2.45, 2.75) is 76.2 Å². The Kier molecular flexibility index (Phi) is 8.56. The minimum absolute atomic E-state index is 0.277. The van der Waals surface area contributed by atoms with Gasteiger partial charge in [0.15, 0.2) is 0 Å². The average molecular weight is 623 g/mol. The Balaban J connectivity index is 1.14. The summed E-state index contributed by atoms with van der Waals surface area (Å²) in [4.78, 5) is 50.1. The predicted molar refractivity (Wildman–Crippen MR) is 169 cm³/mol. The van der Waals surface area contributed by atoms with E-state index in [1.54, 1.807) is 24.3 Å². The van der Waals surface area contributed by atoms with Crippen LogP contribution in [0, 0.1) is 0 Å². The Morgan fingerprint density at radius 2 is 0.870 bits per heavy atom. The quantitative estimate of drug-likeness (QED) is 0.0850. The van der Waals surface area contributed by atoms with Crippen LogP contribution in [-0.4, -0.2) is 23.1 Å². The van der Waals surface area contributed by atoms with Crippen molar-refractivity contribution in [2.75, 3.05) is 0 Å². The lowest BCUT2D eigenvalue weighted by atomic mass is 9.94. The van der Waals surface area contributed by atoms with Gasteiger partial charge in [-0.2, -0.15) is 9.78 Å². The summed E-state index contributed by atoms with van der Waals surface area (Å²) in [6.07, 6.45) is 1.53. The molecule has 238 valence electrons. The molecule has 0 aromatic heterocycles. The van der Waals surface area contributed by atoms with E-state index in [1.807, 2.05) is 113 Å². The Hall–Kier alpha value is -4.34. The summed E-state index contributed by atoms with van der Waals surface area (Å²) < 4.78 is 11.8. The fourth-order valence-electron chi connectivity index (χ4n) is 5.73. The van der Waals surface area contributed by atoms with Crippen LogP contribution in [0.4, 0.5) is 0 Å². The largest absolute Gasteiger partial charge is 0.422 e. The molecule has 0 saturated heterocycles. The Morgan fingerprint density at radius 1 is 0.522 bits per heavy atom. The fraction of sp³-hybridized carbons (Fsp3) is 0.316. The molecule has 0 fully saturated rings. The summed E-state index contributed by atoms with van der Waals surface area (Å²) in [6.45, 7) is 7.59. The predicted octanol–water partition coefficient (Wildman–Crippen LogP) is 7.75. The zero-order valence-corrected chi connectivity index (χ0v) is 26.5. The highest BCUT2D eigenvalue weighted by molar-refractivity contribution is 5.95. The van der Waals surface area contributed by atoms with Crippen LogP contribution >= 0.6 is 0 Å². The van der Waals surface area contributed by atoms with Crippen molar-refractivity contribution in [2.24, 2.45) is 0 Å². The lowest BCUT2D eigenvalue weighted by Gasteiger charge is -2.35. The summed E-state index contributed by atoms with van der Waals surface area (Å²) in [5.74, 6) is -3.80. The number of benzene rings is 4. The van der Waals surface area contributed by atoms with Gasteiger partial charge in [-0.3, -0.25) is 0 Å². The molecule has 2 atom stereocenters. The molecule has 8 nitrogen and oxygen atoms in total. The first kappa shape index (κ1) is 31.6. The van der Waals surface area contributed by atoms with Crippen molar-refractivity contribution >= 4 is 11.9 Å². The van der Waals surface area contributed by atoms with Gasteiger partial charge >= 0.3 is 11.9 Å². The van der Waals surface area contributed by atoms with Gasteiger partial charge in [-0.05, 0) is 63.8 Å². The van der Waals surface area contributed by atoms with E-state index in [4.69, 9.17) is 29.0 Å². The van der Waals surface area contributed by atoms with Crippen LogP contribution in [0.5, 0.6) is 0 Å². The molecule has 6 rings (SSSR count). The molecule has 46 heavy (non-hydrogen) atoms. The SMILES string of the molecule is CC(C)(CCC(C)(C)OOC1(Cc2ccccc2)OC(=O)c2ccccc21)OOC1(Cc2ccccc2)OC(=O)c2ccccc21. The summed E-state index contributed by atoms with van der Waals surface area (Å²) in [5.41, 5.74) is 2.36. The standard InChI is InChI=1S/C38H38O8/c1-35(2,43-45-37(25-27-15-7-5-8-16-27)31-21-13-11-19-29(31)33(39)41-37)23-24-36(3,4)44-46-38(26-28-17-9-6-10-18-28)32-22-14-12-20-30(32)34(40)42-38/h5-22H,23-26H2,1-4H3. The highest BCUT2D eigenvalue weighted by atomic mass is 17.2. The molecule has 0 aliphatic carbocycles. The van der Waals surface area contributed by atoms with Crippen LogP contribution in [0.25, 0.3) is 0 Å². The summed E-state index contributed by atoms with van der Waals surface area (Å²) >= 11 is 0. The molecule has 0 saturated carbocycles. The monoisotopic (exact) mass is 622 g/mol. The lowest BCUT2D eigenvalue weighted by Crippen LogP contribution is -2.40. The maximum atomic E-state index is 12.9. The minimum atomic E-state index is -1.44. The second-order valence-corrected chi connectivity index (χ2v) is 13.1. The van der Waals surface area contributed by atoms with E-state index in [9.17, 15) is 9.59 Å². The summed E-state index contributed by atoms with van der Waals surface area (Å²) in [5, 5.41) is 0. The van der Waals surface area contributed by atoms with Gasteiger partial charge in [-0.15, -0.1) is 0 Å². The summed E-state index contributed by atoms with van der Waals surface area (Å²) in [7, 11) is 0. The van der Waals surface area contributed by atoms with Gasteiger partial charge < -0.3 is 9.47 Å². The van der Waals surface area contributed by atoms with Gasteiger partial charge in [-0.25, -0.2) is 19.4 Å². The minimum Gasteiger partial charge on any atom is -0.422 e. The van der Waals surface area contributed by atoms with Crippen LogP contribution in [-0.2, 0) is 53.4 Å². The van der Waals surface area contributed by atoms with Gasteiger partial charge in [0.1, 0.15) is 0 Å². The van der Waals surface area contributed by atoms with Gasteiger partial charge in [0.25, 0.3) is 11.6 Å². The molecule has 0 N–H and O–H groups in total. The van der Waals surface area contributed by atoms with Crippen molar-refractivity contribution in [3.05, 3.63) is 143 Å². The molecule has 2 heterocycles. The molecule has 0 spiro atoms. The van der Waals surface area contributed by atoms with Crippen molar-refractivity contribution in [3.8, 4) is 0 Å². The molecular formula is C38H38O8. The highest BCUT2D eigenvalue weighted by Crippen LogP contribution is 2.43. The lowest BCUT2D eigenvalue weighted by molar-refractivity contribution is -0.465. The molecule has 0 radical (unpaired) electrons. The topological polar surface area (TPSA) is 89.5 Å². The average Bonchev–Trinajstić information content (AvgIpc) is 3.50. The number of carbonyl (C=O) groups is 2. The third-order valence-electron chi connectivity index (χ3n) is 8.32. The summed E-state index contributed by atoms with van der Waals surface area (Å²) in [6, 6.07) is 33.8. The van der Waals surface area contributed by atoms with E-state index in [2.05, 4.69) is 0 Å². The van der Waals surface area contributed by atoms with E-state index in [0.29, 0.717) is 35.1 Å². The number of ether oxygens (including phenoxy) is 2. The Labute approximate surface area is 269 Å². The number of fused-ring (bicyclic) bond motifs is 2. The molecule has 8 heteroatoms. The Bertz CT molecular complexity index is 1570. The van der Waals surface area contributed by atoms with Crippen LogP contribution in [0.2, 0.25) is 0 Å². The maximum absolute atomic E-state index is 12.9. The van der Waals surface area contributed by atoms with Gasteiger partial charge in [-0.1, -0.05) is 97.1 Å². The van der Waals surface area contributed by atoms with Crippen LogP contribution < -0.4 is 0 Å². The third kappa shape index (κ3) is 6.62. The van der Waals surface area contributed by atoms with Crippen LogP contribution in [0.15, 0.2) is 109 Å². The van der Waals surface area contributed by atoms with E-state index < -0.39 is 34.7 Å². The molecule has 2 aliphatic heterocycles. The molecular weight excluding hydrogens is 584 g/mol. The zero-order chi connectivity index (χ0) is 32.4. The normalized spacial score (nSPS) is 20.6. The van der Waals surface area contributed by atoms with Crippen molar-refractivity contribution in [1.82, 2.24) is 0 Å². The van der Waals surface area contributed by atoms with E-state index in [-0.39, 0.29) is 12.8 Å². The number of cyclic esters (lactones) is 2. The maximum Gasteiger partial charge on any atom is 0.341 e. The first-order valence-corrected chi connectivity index (χ1v) is 15.5. The molecule has 2 unspecified atom stereocenters. The van der Waals surface area contributed by atoms with Crippen molar-refractivity contribution < 1.29 is 38.6 Å². The van der Waals surface area contributed by atoms with Crippen LogP contribution in [0.1, 0.15) is 83.5 Å². The highest BCUT2D eigenvalue weighted by Gasteiger charge is 2.50. The van der Waals surface area contributed by atoms with Gasteiger partial charge in [0, 0.05) is 24.0 Å². The molecule has 0 bridgehead atoms. The van der Waals surface area contributed by atoms with E-state index in [0.717, 1.165) is 11.1 Å². The number of rotatable bonds is 13. The second-order valence-electron chi connectivity index (χ2n) is 13.1. The molecule has 4 aromatic carbocycles. The fourth-order valence-corrected chi connectivity index (χ4v) is 5.73. The molecule has 2 aliphatic rings. The molecule has 4 aromatic rings. The number of hydrogen-bond donors (Lipinski definition) is 0. The first-order valence-electron chi connectivity index (χ1n) is 15.5. The smallest absolute Gasteiger partial charge is 0.341 e. The second kappa shape index (κ2) is 12.5. The van der Waals surface area contributed by atoms with Crippen LogP contribution in [0.3, 0.4) is 0 Å². The molecule has 0 amide bonds. The third-order valence-corrected chi connectivity index (χ3v) is 8.32. The van der Waals surface area contributed by atoms with E-state index in [1.165, 1.54) is 0 Å². The number of hydrogen-bond acceptors (Lipinski definition) is 8. The van der Waals surface area contributed by atoms with Gasteiger partial charge in [0.2, 0.25) is 0 Å². The van der Waals surface area contributed by atoms with E-state index >= 15 is 0 Å². The van der Waals surface area contributed by atoms with Crippen molar-refractivity contribution in [1.29, 1.82) is 0 Å². The Morgan fingerprint density at radius 3 is 1.26 bits per heavy atom. The van der Waals surface area contributed by atoms with Crippen molar-refractivity contribution in [3.63, 3.8) is 0 Å².